The van der Waals surface area contributed by atoms with Gasteiger partial charge in [-0.3, -0.25) is 4.79 Å². The van der Waals surface area contributed by atoms with Gasteiger partial charge in [-0.1, -0.05) is 12.1 Å². The number of β-amino-alcohol motifs (C(OH)–C–C–N with tert-alkyl or cyclic N) is 1. The van der Waals surface area contributed by atoms with E-state index < -0.39 is 17.5 Å². The first-order valence-corrected chi connectivity index (χ1v) is 6.50. The topological polar surface area (TPSA) is 40.5 Å². The Hall–Kier alpha value is -1.21. The van der Waals surface area contributed by atoms with E-state index in [1.165, 1.54) is 29.2 Å². The van der Waals surface area contributed by atoms with Gasteiger partial charge in [0.25, 0.3) is 5.91 Å². The third-order valence-corrected chi connectivity index (χ3v) is 3.60. The van der Waals surface area contributed by atoms with Gasteiger partial charge in [0.05, 0.1) is 11.7 Å². The first-order valence-electron chi connectivity index (χ1n) is 5.69. The van der Waals surface area contributed by atoms with Crippen LogP contribution in [0.15, 0.2) is 29.2 Å². The van der Waals surface area contributed by atoms with Crippen LogP contribution in [0.5, 0.6) is 0 Å². The summed E-state index contributed by atoms with van der Waals surface area (Å²) in [5.74, 6) is -0.469. The summed E-state index contributed by atoms with van der Waals surface area (Å²) in [5, 5.41) is 9.37. The third kappa shape index (κ3) is 3.63. The maximum absolute atomic E-state index is 12.4. The van der Waals surface area contributed by atoms with E-state index in [2.05, 4.69) is 0 Å². The van der Waals surface area contributed by atoms with E-state index in [1.807, 2.05) is 0 Å². The van der Waals surface area contributed by atoms with Crippen molar-refractivity contribution in [1.82, 2.24) is 4.90 Å². The predicted octanol–water partition coefficient (Wildman–Crippen LogP) is 2.51. The van der Waals surface area contributed by atoms with Crippen LogP contribution in [-0.2, 0) is 0 Å². The van der Waals surface area contributed by atoms with E-state index in [4.69, 9.17) is 0 Å². The molecular formula is C12H12F3NO2S. The van der Waals surface area contributed by atoms with E-state index in [0.717, 1.165) is 0 Å². The first-order chi connectivity index (χ1) is 8.87. The summed E-state index contributed by atoms with van der Waals surface area (Å²) in [7, 11) is 0. The van der Waals surface area contributed by atoms with Crippen molar-refractivity contribution in [3.63, 3.8) is 0 Å². The van der Waals surface area contributed by atoms with Crippen molar-refractivity contribution in [1.29, 1.82) is 0 Å². The Morgan fingerprint density at radius 2 is 2.05 bits per heavy atom. The van der Waals surface area contributed by atoms with Crippen LogP contribution in [0.3, 0.4) is 0 Å². The zero-order valence-electron chi connectivity index (χ0n) is 9.85. The molecule has 0 unspecified atom stereocenters. The number of carbonyl (C=O) groups excluding carboxylic acids is 1. The minimum absolute atomic E-state index is 0.0268. The largest absolute Gasteiger partial charge is 0.446 e. The van der Waals surface area contributed by atoms with Gasteiger partial charge in [-0.05, 0) is 30.3 Å². The van der Waals surface area contributed by atoms with Gasteiger partial charge in [0.2, 0.25) is 0 Å². The Morgan fingerprint density at radius 1 is 1.37 bits per heavy atom. The number of rotatable bonds is 2. The SMILES string of the molecule is O=C(c1ccccc1SC(F)(F)F)N1CC[C@H](O)C1. The average molecular weight is 291 g/mol. The number of halogens is 3. The summed E-state index contributed by atoms with van der Waals surface area (Å²) >= 11 is -0.295. The number of aliphatic hydroxyl groups is 1. The molecule has 1 saturated heterocycles. The Kier molecular flexibility index (Phi) is 4.05. The van der Waals surface area contributed by atoms with Crippen molar-refractivity contribution in [2.24, 2.45) is 0 Å². The second-order valence-electron chi connectivity index (χ2n) is 4.24. The summed E-state index contributed by atoms with van der Waals surface area (Å²) in [6.45, 7) is 0.537. The molecule has 19 heavy (non-hydrogen) atoms. The number of likely N-dealkylation sites (tertiary alicyclic amines) is 1. The average Bonchev–Trinajstić information content (AvgIpc) is 2.74. The molecule has 1 aromatic carbocycles. The monoisotopic (exact) mass is 291 g/mol. The zero-order valence-corrected chi connectivity index (χ0v) is 10.7. The summed E-state index contributed by atoms with van der Waals surface area (Å²) in [4.78, 5) is 13.4. The van der Waals surface area contributed by atoms with Crippen LogP contribution >= 0.6 is 11.8 Å². The van der Waals surface area contributed by atoms with Crippen molar-refractivity contribution in [2.45, 2.75) is 22.9 Å². The molecule has 1 fully saturated rings. The van der Waals surface area contributed by atoms with Gasteiger partial charge in [-0.2, -0.15) is 13.2 Å². The van der Waals surface area contributed by atoms with Crippen molar-refractivity contribution in [3.8, 4) is 0 Å². The molecule has 2 rings (SSSR count). The van der Waals surface area contributed by atoms with Gasteiger partial charge in [0, 0.05) is 18.0 Å². The molecular weight excluding hydrogens is 279 g/mol. The fraction of sp³-hybridized carbons (Fsp3) is 0.417. The van der Waals surface area contributed by atoms with Crippen LogP contribution in [0.25, 0.3) is 0 Å². The molecule has 1 aliphatic heterocycles. The van der Waals surface area contributed by atoms with Gasteiger partial charge in [0.15, 0.2) is 0 Å². The highest BCUT2D eigenvalue weighted by molar-refractivity contribution is 8.00. The normalized spacial score (nSPS) is 19.8. The van der Waals surface area contributed by atoms with E-state index >= 15 is 0 Å². The van der Waals surface area contributed by atoms with E-state index in [0.29, 0.717) is 13.0 Å². The first kappa shape index (κ1) is 14.2. The van der Waals surface area contributed by atoms with Crippen molar-refractivity contribution in [2.75, 3.05) is 13.1 Å². The second kappa shape index (κ2) is 5.42. The van der Waals surface area contributed by atoms with Crippen molar-refractivity contribution < 1.29 is 23.1 Å². The summed E-state index contributed by atoms with van der Waals surface area (Å²) < 4.78 is 37.3. The highest BCUT2D eigenvalue weighted by Crippen LogP contribution is 2.38. The number of hydrogen-bond acceptors (Lipinski definition) is 3. The van der Waals surface area contributed by atoms with Crippen LogP contribution in [-0.4, -0.2) is 40.6 Å². The lowest BCUT2D eigenvalue weighted by atomic mass is 10.2. The van der Waals surface area contributed by atoms with Gasteiger partial charge in [-0.25, -0.2) is 0 Å². The van der Waals surface area contributed by atoms with Crippen LogP contribution in [0.4, 0.5) is 13.2 Å². The predicted molar refractivity (Wildman–Crippen MR) is 64.9 cm³/mol. The molecule has 1 atom stereocenters. The fourth-order valence-corrected chi connectivity index (χ4v) is 2.61. The Bertz CT molecular complexity index is 478. The molecule has 0 aliphatic carbocycles. The van der Waals surface area contributed by atoms with Crippen LogP contribution < -0.4 is 0 Å². The van der Waals surface area contributed by atoms with Crippen molar-refractivity contribution in [3.05, 3.63) is 29.8 Å². The molecule has 3 nitrogen and oxygen atoms in total. The molecule has 1 amide bonds. The van der Waals surface area contributed by atoms with Crippen LogP contribution in [0, 0.1) is 0 Å². The van der Waals surface area contributed by atoms with Gasteiger partial charge >= 0.3 is 5.51 Å². The van der Waals surface area contributed by atoms with Crippen LogP contribution in [0.1, 0.15) is 16.8 Å². The minimum atomic E-state index is -4.43. The number of amides is 1. The molecule has 1 heterocycles. The zero-order chi connectivity index (χ0) is 14.0. The number of hydrogen-bond donors (Lipinski definition) is 1. The Morgan fingerprint density at radius 3 is 2.63 bits per heavy atom. The Labute approximate surface area is 112 Å². The molecule has 7 heteroatoms. The number of alkyl halides is 3. The van der Waals surface area contributed by atoms with Gasteiger partial charge < -0.3 is 10.0 Å². The number of nitrogens with zero attached hydrogens (tertiary/aromatic N) is 1. The highest BCUT2D eigenvalue weighted by Gasteiger charge is 2.33. The molecule has 0 aromatic heterocycles. The standard InChI is InChI=1S/C12H12F3NO2S/c13-12(14,15)19-10-4-2-1-3-9(10)11(18)16-6-5-8(17)7-16/h1-4,8,17H,5-7H2/t8-/m0/s1. The number of benzene rings is 1. The van der Waals surface area contributed by atoms with E-state index in [9.17, 15) is 23.1 Å². The van der Waals surface area contributed by atoms with Crippen molar-refractivity contribution >= 4 is 17.7 Å². The van der Waals surface area contributed by atoms with Gasteiger partial charge in [0.1, 0.15) is 0 Å². The second-order valence-corrected chi connectivity index (χ2v) is 5.34. The summed E-state index contributed by atoms with van der Waals surface area (Å²) in [6.07, 6.45) is -0.133. The maximum atomic E-state index is 12.4. The lowest BCUT2D eigenvalue weighted by Gasteiger charge is -2.18. The quantitative estimate of drug-likeness (QED) is 0.851. The smallest absolute Gasteiger partial charge is 0.391 e. The minimum Gasteiger partial charge on any atom is -0.391 e. The molecule has 104 valence electrons. The number of aliphatic hydroxyl groups excluding tert-OH is 1. The maximum Gasteiger partial charge on any atom is 0.446 e. The fourth-order valence-electron chi connectivity index (χ4n) is 1.95. The van der Waals surface area contributed by atoms with E-state index in [-0.39, 0.29) is 28.8 Å². The van der Waals surface area contributed by atoms with E-state index in [1.54, 1.807) is 0 Å². The molecule has 0 bridgehead atoms. The number of thioether (sulfide) groups is 1. The highest BCUT2D eigenvalue weighted by atomic mass is 32.2. The Balaban J connectivity index is 2.22. The molecule has 0 radical (unpaired) electrons. The summed E-state index contributed by atoms with van der Waals surface area (Å²) in [6, 6.07) is 5.64. The van der Waals surface area contributed by atoms with Gasteiger partial charge in [-0.15, -0.1) is 0 Å². The lowest BCUT2D eigenvalue weighted by molar-refractivity contribution is -0.0328. The molecule has 1 aromatic rings. The third-order valence-electron chi connectivity index (χ3n) is 2.79. The molecule has 0 saturated carbocycles. The molecule has 1 N–H and O–H groups in total. The molecule has 1 aliphatic rings. The lowest BCUT2D eigenvalue weighted by Crippen LogP contribution is -2.30. The number of carbonyl (C=O) groups is 1. The molecule has 0 spiro atoms. The van der Waals surface area contributed by atoms with Crippen LogP contribution in [0.2, 0.25) is 0 Å². The summed E-state index contributed by atoms with van der Waals surface area (Å²) in [5.41, 5.74) is -4.40.